The van der Waals surface area contributed by atoms with E-state index in [9.17, 15) is 4.39 Å². The second kappa shape index (κ2) is 6.04. The molecular formula is C15H15ClFNO. The number of methoxy groups -OCH3 is 1. The molecule has 0 unspecified atom stereocenters. The molecule has 2 aromatic rings. The van der Waals surface area contributed by atoms with Crippen molar-refractivity contribution in [3.8, 4) is 16.9 Å². The van der Waals surface area contributed by atoms with E-state index >= 15 is 0 Å². The molecule has 0 saturated carbocycles. The zero-order chi connectivity index (χ0) is 13.8. The van der Waals surface area contributed by atoms with Gasteiger partial charge in [-0.15, -0.1) is 0 Å². The van der Waals surface area contributed by atoms with Gasteiger partial charge in [0.05, 0.1) is 7.11 Å². The summed E-state index contributed by atoms with van der Waals surface area (Å²) in [6, 6.07) is 10.2. The first-order chi connectivity index (χ1) is 9.13. The Morgan fingerprint density at radius 3 is 2.63 bits per heavy atom. The van der Waals surface area contributed by atoms with Crippen LogP contribution in [0.1, 0.15) is 5.56 Å². The molecular weight excluding hydrogens is 265 g/mol. The van der Waals surface area contributed by atoms with Crippen LogP contribution < -0.4 is 10.1 Å². The van der Waals surface area contributed by atoms with E-state index < -0.39 is 0 Å². The lowest BCUT2D eigenvalue weighted by Crippen LogP contribution is -2.06. The molecule has 19 heavy (non-hydrogen) atoms. The van der Waals surface area contributed by atoms with Crippen LogP contribution in [-0.4, -0.2) is 14.2 Å². The molecule has 1 N–H and O–H groups in total. The zero-order valence-corrected chi connectivity index (χ0v) is 11.6. The molecule has 0 bridgehead atoms. The predicted molar refractivity (Wildman–Crippen MR) is 76.2 cm³/mol. The SMILES string of the molecule is CNCc1cc(OC)ccc1-c1cc(F)cc(Cl)c1. The summed E-state index contributed by atoms with van der Waals surface area (Å²) in [6.45, 7) is 0.667. The molecule has 2 rings (SSSR count). The van der Waals surface area contributed by atoms with Gasteiger partial charge in [0, 0.05) is 11.6 Å². The van der Waals surface area contributed by atoms with Crippen molar-refractivity contribution in [3.63, 3.8) is 0 Å². The van der Waals surface area contributed by atoms with Crippen LogP contribution in [0.15, 0.2) is 36.4 Å². The average Bonchev–Trinajstić information content (AvgIpc) is 2.37. The normalized spacial score (nSPS) is 10.5. The first-order valence-corrected chi connectivity index (χ1v) is 6.30. The standard InChI is InChI=1S/C15H15ClFNO/c1-18-9-11-7-14(19-2)3-4-15(11)10-5-12(16)8-13(17)6-10/h3-8,18H,9H2,1-2H3. The van der Waals surface area contributed by atoms with Crippen LogP contribution in [0, 0.1) is 5.82 Å². The number of hydrogen-bond acceptors (Lipinski definition) is 2. The first-order valence-electron chi connectivity index (χ1n) is 5.92. The molecule has 100 valence electrons. The van der Waals surface area contributed by atoms with Gasteiger partial charge in [0.15, 0.2) is 0 Å². The molecule has 0 aliphatic heterocycles. The second-order valence-electron chi connectivity index (χ2n) is 4.21. The van der Waals surface area contributed by atoms with Gasteiger partial charge in [0.2, 0.25) is 0 Å². The molecule has 0 amide bonds. The molecule has 4 heteroatoms. The smallest absolute Gasteiger partial charge is 0.125 e. The Bertz CT molecular complexity index is 566. The van der Waals surface area contributed by atoms with Gasteiger partial charge < -0.3 is 10.1 Å². The minimum Gasteiger partial charge on any atom is -0.497 e. The summed E-state index contributed by atoms with van der Waals surface area (Å²) in [5.74, 6) is 0.435. The Labute approximate surface area is 117 Å². The largest absolute Gasteiger partial charge is 0.497 e. The van der Waals surface area contributed by atoms with E-state index in [2.05, 4.69) is 5.32 Å². The molecule has 0 aliphatic carbocycles. The molecule has 0 fully saturated rings. The number of hydrogen-bond donors (Lipinski definition) is 1. The first kappa shape index (κ1) is 13.8. The van der Waals surface area contributed by atoms with Crippen molar-refractivity contribution in [2.75, 3.05) is 14.2 Å². The van der Waals surface area contributed by atoms with E-state index in [-0.39, 0.29) is 5.82 Å². The van der Waals surface area contributed by atoms with E-state index in [1.807, 2.05) is 25.2 Å². The fourth-order valence-electron chi connectivity index (χ4n) is 2.02. The Morgan fingerprint density at radius 1 is 1.21 bits per heavy atom. The molecule has 0 spiro atoms. The average molecular weight is 280 g/mol. The highest BCUT2D eigenvalue weighted by atomic mass is 35.5. The molecule has 0 radical (unpaired) electrons. The van der Waals surface area contributed by atoms with Crippen molar-refractivity contribution < 1.29 is 9.13 Å². The lowest BCUT2D eigenvalue weighted by molar-refractivity contribution is 0.414. The van der Waals surface area contributed by atoms with Crippen molar-refractivity contribution in [1.29, 1.82) is 0 Å². The Hall–Kier alpha value is -1.58. The van der Waals surface area contributed by atoms with Gasteiger partial charge in [0.25, 0.3) is 0 Å². The van der Waals surface area contributed by atoms with E-state index in [0.717, 1.165) is 22.4 Å². The molecule has 0 aliphatic rings. The third-order valence-electron chi connectivity index (χ3n) is 2.85. The van der Waals surface area contributed by atoms with Crippen molar-refractivity contribution >= 4 is 11.6 Å². The summed E-state index contributed by atoms with van der Waals surface area (Å²) >= 11 is 5.91. The lowest BCUT2D eigenvalue weighted by atomic mass is 9.99. The highest BCUT2D eigenvalue weighted by Crippen LogP contribution is 2.30. The van der Waals surface area contributed by atoms with Crippen LogP contribution in [0.2, 0.25) is 5.02 Å². The maximum absolute atomic E-state index is 13.5. The number of benzene rings is 2. The van der Waals surface area contributed by atoms with Gasteiger partial charge in [-0.25, -0.2) is 4.39 Å². The summed E-state index contributed by atoms with van der Waals surface area (Å²) in [6.07, 6.45) is 0. The summed E-state index contributed by atoms with van der Waals surface area (Å²) in [5, 5.41) is 3.48. The number of rotatable bonds is 4. The highest BCUT2D eigenvalue weighted by Gasteiger charge is 2.08. The molecule has 0 saturated heterocycles. The van der Waals surface area contributed by atoms with Crippen LogP contribution in [0.3, 0.4) is 0 Å². The number of nitrogens with one attached hydrogen (secondary N) is 1. The van der Waals surface area contributed by atoms with Crippen LogP contribution in [0.4, 0.5) is 4.39 Å². The van der Waals surface area contributed by atoms with E-state index in [4.69, 9.17) is 16.3 Å². The predicted octanol–water partition coefficient (Wildman–Crippen LogP) is 3.87. The van der Waals surface area contributed by atoms with Crippen LogP contribution >= 0.6 is 11.6 Å². The fourth-order valence-corrected chi connectivity index (χ4v) is 2.25. The third kappa shape index (κ3) is 3.25. The minimum atomic E-state index is -0.339. The quantitative estimate of drug-likeness (QED) is 0.917. The fraction of sp³-hybridized carbons (Fsp3) is 0.200. The van der Waals surface area contributed by atoms with Gasteiger partial charge in [-0.3, -0.25) is 0 Å². The van der Waals surface area contributed by atoms with E-state index in [1.165, 1.54) is 12.1 Å². The third-order valence-corrected chi connectivity index (χ3v) is 3.07. The molecule has 2 nitrogen and oxygen atoms in total. The summed E-state index contributed by atoms with van der Waals surface area (Å²) in [7, 11) is 3.49. The molecule has 0 atom stereocenters. The molecule has 2 aromatic carbocycles. The highest BCUT2D eigenvalue weighted by molar-refractivity contribution is 6.30. The Kier molecular flexibility index (Phi) is 4.40. The van der Waals surface area contributed by atoms with E-state index in [0.29, 0.717) is 11.6 Å². The summed E-state index contributed by atoms with van der Waals surface area (Å²) in [4.78, 5) is 0. The molecule has 0 heterocycles. The summed E-state index contributed by atoms with van der Waals surface area (Å²) < 4.78 is 18.7. The topological polar surface area (TPSA) is 21.3 Å². The van der Waals surface area contributed by atoms with Crippen LogP contribution in [0.25, 0.3) is 11.1 Å². The number of halogens is 2. The number of ether oxygens (including phenoxy) is 1. The maximum Gasteiger partial charge on any atom is 0.125 e. The van der Waals surface area contributed by atoms with Crippen molar-refractivity contribution in [2.45, 2.75) is 6.54 Å². The zero-order valence-electron chi connectivity index (χ0n) is 10.8. The van der Waals surface area contributed by atoms with Gasteiger partial charge in [-0.2, -0.15) is 0 Å². The second-order valence-corrected chi connectivity index (χ2v) is 4.65. The Balaban J connectivity index is 2.53. The van der Waals surface area contributed by atoms with Gasteiger partial charge in [0.1, 0.15) is 11.6 Å². The monoisotopic (exact) mass is 279 g/mol. The van der Waals surface area contributed by atoms with Crippen LogP contribution in [-0.2, 0) is 6.54 Å². The van der Waals surface area contributed by atoms with Crippen molar-refractivity contribution in [1.82, 2.24) is 5.32 Å². The van der Waals surface area contributed by atoms with E-state index in [1.54, 1.807) is 13.2 Å². The maximum atomic E-state index is 13.5. The van der Waals surface area contributed by atoms with Crippen molar-refractivity contribution in [3.05, 3.63) is 52.8 Å². The van der Waals surface area contributed by atoms with Crippen molar-refractivity contribution in [2.24, 2.45) is 0 Å². The van der Waals surface area contributed by atoms with Gasteiger partial charge in [-0.1, -0.05) is 17.7 Å². The van der Waals surface area contributed by atoms with Gasteiger partial charge in [-0.05, 0) is 54.1 Å². The minimum absolute atomic E-state index is 0.339. The molecule has 0 aromatic heterocycles. The Morgan fingerprint density at radius 2 is 2.00 bits per heavy atom. The van der Waals surface area contributed by atoms with Crippen LogP contribution in [0.5, 0.6) is 5.75 Å². The summed E-state index contributed by atoms with van der Waals surface area (Å²) in [5.41, 5.74) is 2.73. The lowest BCUT2D eigenvalue weighted by Gasteiger charge is -2.12. The van der Waals surface area contributed by atoms with Gasteiger partial charge >= 0.3 is 0 Å².